The van der Waals surface area contributed by atoms with Crippen molar-refractivity contribution in [3.63, 3.8) is 0 Å². The second-order valence-corrected chi connectivity index (χ2v) is 7.21. The fourth-order valence-electron chi connectivity index (χ4n) is 2.57. The van der Waals surface area contributed by atoms with Crippen LogP contribution in [0, 0.1) is 0 Å². The van der Waals surface area contributed by atoms with E-state index in [1.165, 1.54) is 10.6 Å². The van der Waals surface area contributed by atoms with E-state index in [-0.39, 0.29) is 6.04 Å². The van der Waals surface area contributed by atoms with Gasteiger partial charge in [0.1, 0.15) is 0 Å². The summed E-state index contributed by atoms with van der Waals surface area (Å²) in [6.45, 7) is 4.56. The maximum absolute atomic E-state index is 11.5. The van der Waals surface area contributed by atoms with E-state index in [9.17, 15) is 8.42 Å². The Morgan fingerprint density at radius 2 is 1.80 bits per heavy atom. The highest BCUT2D eigenvalue weighted by molar-refractivity contribution is 7.88. The van der Waals surface area contributed by atoms with Crippen LogP contribution in [0.3, 0.4) is 0 Å². The SMILES string of the molecule is CC[C@@H](N)c1ccccc1N1CCN(S(C)(=O)=O)CC1. The lowest BCUT2D eigenvalue weighted by Crippen LogP contribution is -2.48. The number of benzene rings is 1. The molecule has 20 heavy (non-hydrogen) atoms. The Bertz CT molecular complexity index is 551. The fourth-order valence-corrected chi connectivity index (χ4v) is 3.40. The van der Waals surface area contributed by atoms with Gasteiger partial charge in [0.15, 0.2) is 0 Å². The Morgan fingerprint density at radius 3 is 2.35 bits per heavy atom. The number of piperazine rings is 1. The molecule has 1 aromatic rings. The first-order valence-electron chi connectivity index (χ1n) is 6.98. The predicted molar refractivity (Wildman–Crippen MR) is 82.3 cm³/mol. The molecule has 1 heterocycles. The second-order valence-electron chi connectivity index (χ2n) is 5.22. The van der Waals surface area contributed by atoms with E-state index in [2.05, 4.69) is 24.0 Å². The van der Waals surface area contributed by atoms with Gasteiger partial charge in [0.05, 0.1) is 6.26 Å². The summed E-state index contributed by atoms with van der Waals surface area (Å²) in [5.41, 5.74) is 8.44. The number of nitrogens with zero attached hydrogens (tertiary/aromatic N) is 2. The van der Waals surface area contributed by atoms with Gasteiger partial charge in [-0.25, -0.2) is 8.42 Å². The minimum absolute atomic E-state index is 0.0270. The zero-order chi connectivity index (χ0) is 14.8. The van der Waals surface area contributed by atoms with Crippen molar-refractivity contribution in [1.82, 2.24) is 4.31 Å². The third-order valence-electron chi connectivity index (χ3n) is 3.82. The molecule has 0 amide bonds. The monoisotopic (exact) mass is 297 g/mol. The van der Waals surface area contributed by atoms with Crippen LogP contribution in [0.5, 0.6) is 0 Å². The van der Waals surface area contributed by atoms with Crippen LogP contribution in [0.25, 0.3) is 0 Å². The summed E-state index contributed by atoms with van der Waals surface area (Å²) >= 11 is 0. The number of hydrogen-bond acceptors (Lipinski definition) is 4. The summed E-state index contributed by atoms with van der Waals surface area (Å²) in [7, 11) is -3.08. The highest BCUT2D eigenvalue weighted by Gasteiger charge is 2.25. The van der Waals surface area contributed by atoms with Crippen molar-refractivity contribution in [1.29, 1.82) is 0 Å². The topological polar surface area (TPSA) is 66.6 Å². The Balaban J connectivity index is 2.15. The number of para-hydroxylation sites is 1. The molecule has 0 radical (unpaired) electrons. The van der Waals surface area contributed by atoms with Gasteiger partial charge >= 0.3 is 0 Å². The molecule has 0 aromatic heterocycles. The molecule has 1 atom stereocenters. The Kier molecular flexibility index (Phi) is 4.67. The molecule has 0 saturated carbocycles. The summed E-state index contributed by atoms with van der Waals surface area (Å²) in [4.78, 5) is 2.23. The van der Waals surface area contributed by atoms with Crippen LogP contribution in [0.2, 0.25) is 0 Å². The van der Waals surface area contributed by atoms with Crippen LogP contribution >= 0.6 is 0 Å². The molecule has 1 aliphatic heterocycles. The zero-order valence-electron chi connectivity index (χ0n) is 12.1. The molecular formula is C14H23N3O2S. The zero-order valence-corrected chi connectivity index (χ0v) is 12.9. The smallest absolute Gasteiger partial charge is 0.211 e. The molecule has 5 nitrogen and oxygen atoms in total. The van der Waals surface area contributed by atoms with Crippen molar-refractivity contribution in [3.05, 3.63) is 29.8 Å². The van der Waals surface area contributed by atoms with Gasteiger partial charge in [0, 0.05) is 37.9 Å². The van der Waals surface area contributed by atoms with Crippen molar-refractivity contribution in [2.24, 2.45) is 5.73 Å². The summed E-state index contributed by atoms with van der Waals surface area (Å²) in [6, 6.07) is 8.16. The molecule has 0 aliphatic carbocycles. The molecule has 2 rings (SSSR count). The standard InChI is InChI=1S/C14H23N3O2S/c1-3-13(15)12-6-4-5-7-14(12)16-8-10-17(11-9-16)20(2,18)19/h4-7,13H,3,8-11,15H2,1-2H3/t13-/m1/s1. The Morgan fingerprint density at radius 1 is 1.20 bits per heavy atom. The maximum atomic E-state index is 11.5. The van der Waals surface area contributed by atoms with Crippen LogP contribution < -0.4 is 10.6 Å². The highest BCUT2D eigenvalue weighted by Crippen LogP contribution is 2.27. The van der Waals surface area contributed by atoms with E-state index in [4.69, 9.17) is 5.73 Å². The van der Waals surface area contributed by atoms with Crippen LogP contribution in [0.4, 0.5) is 5.69 Å². The molecule has 1 aliphatic rings. The van der Waals surface area contributed by atoms with Gasteiger partial charge in [-0.05, 0) is 18.1 Å². The predicted octanol–water partition coefficient (Wildman–Crippen LogP) is 1.18. The van der Waals surface area contributed by atoms with Crippen molar-refractivity contribution in [3.8, 4) is 0 Å². The molecule has 0 bridgehead atoms. The number of nitrogens with two attached hydrogens (primary N) is 1. The molecule has 1 aromatic carbocycles. The minimum Gasteiger partial charge on any atom is -0.369 e. The largest absolute Gasteiger partial charge is 0.369 e. The quantitative estimate of drug-likeness (QED) is 0.906. The molecule has 112 valence electrons. The van der Waals surface area contributed by atoms with E-state index in [0.717, 1.165) is 17.7 Å². The lowest BCUT2D eigenvalue weighted by Gasteiger charge is -2.36. The number of hydrogen-bond donors (Lipinski definition) is 1. The molecule has 6 heteroatoms. The average Bonchev–Trinajstić information content (AvgIpc) is 2.45. The third kappa shape index (κ3) is 3.31. The average molecular weight is 297 g/mol. The fraction of sp³-hybridized carbons (Fsp3) is 0.571. The van der Waals surface area contributed by atoms with Crippen molar-refractivity contribution >= 4 is 15.7 Å². The molecular weight excluding hydrogens is 274 g/mol. The van der Waals surface area contributed by atoms with Gasteiger partial charge in [-0.15, -0.1) is 0 Å². The summed E-state index contributed by atoms with van der Waals surface area (Å²) in [5, 5.41) is 0. The van der Waals surface area contributed by atoms with Crippen LogP contribution in [-0.4, -0.2) is 45.2 Å². The molecule has 0 spiro atoms. The first-order valence-corrected chi connectivity index (χ1v) is 8.83. The second kappa shape index (κ2) is 6.11. The van der Waals surface area contributed by atoms with Gasteiger partial charge in [0.25, 0.3) is 0 Å². The molecule has 1 fully saturated rings. The Labute approximate surface area is 121 Å². The van der Waals surface area contributed by atoms with E-state index in [1.54, 1.807) is 0 Å². The van der Waals surface area contributed by atoms with E-state index < -0.39 is 10.0 Å². The van der Waals surface area contributed by atoms with Crippen molar-refractivity contribution in [2.45, 2.75) is 19.4 Å². The van der Waals surface area contributed by atoms with Crippen LogP contribution in [0.1, 0.15) is 24.9 Å². The van der Waals surface area contributed by atoms with Crippen molar-refractivity contribution in [2.75, 3.05) is 37.3 Å². The van der Waals surface area contributed by atoms with Gasteiger partial charge in [-0.3, -0.25) is 0 Å². The Hall–Kier alpha value is -1.11. The number of sulfonamides is 1. The summed E-state index contributed by atoms with van der Waals surface area (Å²) in [6.07, 6.45) is 2.16. The van der Waals surface area contributed by atoms with Gasteiger partial charge in [-0.1, -0.05) is 25.1 Å². The van der Waals surface area contributed by atoms with Crippen molar-refractivity contribution < 1.29 is 8.42 Å². The first-order chi connectivity index (χ1) is 9.43. The normalized spacial score (nSPS) is 19.1. The number of rotatable bonds is 4. The van der Waals surface area contributed by atoms with Crippen LogP contribution in [0.15, 0.2) is 24.3 Å². The minimum atomic E-state index is -3.08. The lowest BCUT2D eigenvalue weighted by atomic mass is 10.0. The van der Waals surface area contributed by atoms with E-state index in [1.807, 2.05) is 12.1 Å². The van der Waals surface area contributed by atoms with Gasteiger partial charge in [-0.2, -0.15) is 4.31 Å². The van der Waals surface area contributed by atoms with E-state index in [0.29, 0.717) is 26.2 Å². The van der Waals surface area contributed by atoms with E-state index >= 15 is 0 Å². The third-order valence-corrected chi connectivity index (χ3v) is 5.13. The van der Waals surface area contributed by atoms with Gasteiger partial charge in [0.2, 0.25) is 10.0 Å². The molecule has 1 saturated heterocycles. The van der Waals surface area contributed by atoms with Crippen LogP contribution in [-0.2, 0) is 10.0 Å². The van der Waals surface area contributed by atoms with Gasteiger partial charge < -0.3 is 10.6 Å². The number of anilines is 1. The maximum Gasteiger partial charge on any atom is 0.211 e. The summed E-state index contributed by atoms with van der Waals surface area (Å²) < 4.78 is 24.6. The lowest BCUT2D eigenvalue weighted by molar-refractivity contribution is 0.387. The molecule has 0 unspecified atom stereocenters. The molecule has 2 N–H and O–H groups in total. The highest BCUT2D eigenvalue weighted by atomic mass is 32.2. The first kappa shape index (κ1) is 15.3. The summed E-state index contributed by atoms with van der Waals surface area (Å²) in [5.74, 6) is 0.